The van der Waals surface area contributed by atoms with Gasteiger partial charge in [-0.05, 0) is 35.7 Å². The molecule has 1 N–H and O–H groups in total. The van der Waals surface area contributed by atoms with Gasteiger partial charge in [-0.3, -0.25) is 14.9 Å². The monoisotopic (exact) mass is 432 g/mol. The van der Waals surface area contributed by atoms with Crippen LogP contribution in [0.5, 0.6) is 5.75 Å². The first-order chi connectivity index (χ1) is 15.4. The number of nitro benzene ring substituents is 1. The Balaban J connectivity index is 1.64. The van der Waals surface area contributed by atoms with E-state index in [1.54, 1.807) is 60.7 Å². The third-order valence-electron chi connectivity index (χ3n) is 5.51. The number of para-hydroxylation sites is 1. The Kier molecular flexibility index (Phi) is 5.59. The number of carbonyl (C=O) groups excluding carboxylic acids is 1. The van der Waals surface area contributed by atoms with Crippen LogP contribution in [0.15, 0.2) is 78.9 Å². The highest BCUT2D eigenvalue weighted by atomic mass is 16.6. The summed E-state index contributed by atoms with van der Waals surface area (Å²) in [5, 5.41) is 20.5. The molecule has 1 fully saturated rings. The van der Waals surface area contributed by atoms with E-state index in [0.717, 1.165) is 5.56 Å². The van der Waals surface area contributed by atoms with Crippen LogP contribution >= 0.6 is 0 Å². The van der Waals surface area contributed by atoms with Crippen LogP contribution < -0.4 is 4.74 Å². The number of likely N-dealkylation sites (tertiary alicyclic amines) is 1. The van der Waals surface area contributed by atoms with Gasteiger partial charge in [-0.1, -0.05) is 54.6 Å². The molecule has 3 atom stereocenters. The summed E-state index contributed by atoms with van der Waals surface area (Å²) >= 11 is 0. The molecule has 1 aliphatic rings. The van der Waals surface area contributed by atoms with Gasteiger partial charge in [-0.15, -0.1) is 0 Å². The number of amides is 1. The topological polar surface area (TPSA) is 110 Å². The minimum absolute atomic E-state index is 0.00560. The van der Waals surface area contributed by atoms with Gasteiger partial charge in [0.15, 0.2) is 0 Å². The second-order valence-corrected chi connectivity index (χ2v) is 7.49. The van der Waals surface area contributed by atoms with Gasteiger partial charge in [0, 0.05) is 12.1 Å². The Morgan fingerprint density at radius 1 is 1.03 bits per heavy atom. The third-order valence-corrected chi connectivity index (χ3v) is 5.51. The van der Waals surface area contributed by atoms with E-state index in [2.05, 4.69) is 0 Å². The molecule has 4 rings (SSSR count). The van der Waals surface area contributed by atoms with Crippen molar-refractivity contribution in [2.45, 2.75) is 25.1 Å². The van der Waals surface area contributed by atoms with Gasteiger partial charge in [0.1, 0.15) is 17.8 Å². The first kappa shape index (κ1) is 21.0. The molecule has 0 bridgehead atoms. The molecule has 1 saturated heterocycles. The van der Waals surface area contributed by atoms with Crippen molar-refractivity contribution in [3.8, 4) is 16.9 Å². The highest BCUT2D eigenvalue weighted by Gasteiger charge is 2.53. The van der Waals surface area contributed by atoms with E-state index in [1.165, 1.54) is 24.0 Å². The molecule has 1 heterocycles. The number of nitro groups is 1. The fourth-order valence-electron chi connectivity index (χ4n) is 3.80. The summed E-state index contributed by atoms with van der Waals surface area (Å²) in [7, 11) is 0. The normalized spacial score (nSPS) is 18.5. The largest absolute Gasteiger partial charge is 0.480 e. The lowest BCUT2D eigenvalue weighted by Crippen LogP contribution is -2.65. The van der Waals surface area contributed by atoms with Crippen LogP contribution in [0.4, 0.5) is 5.69 Å². The molecule has 8 nitrogen and oxygen atoms in total. The Morgan fingerprint density at radius 2 is 1.72 bits per heavy atom. The first-order valence-electron chi connectivity index (χ1n) is 9.98. The minimum Gasteiger partial charge on any atom is -0.480 e. The predicted molar refractivity (Wildman–Crippen MR) is 116 cm³/mol. The van der Waals surface area contributed by atoms with Crippen molar-refractivity contribution in [2.24, 2.45) is 0 Å². The number of benzene rings is 3. The summed E-state index contributed by atoms with van der Waals surface area (Å²) < 4.78 is 5.89. The fourth-order valence-corrected chi connectivity index (χ4v) is 3.80. The van der Waals surface area contributed by atoms with Crippen molar-refractivity contribution in [1.29, 1.82) is 0 Å². The SMILES string of the molecule is C[C@@H](C(=O)O)N1C(=O)[C@H](Oc2ccccc2)[C@@H]1c1ccc(-c2cccc([N+](=O)[O-])c2)cc1. The smallest absolute Gasteiger partial charge is 0.326 e. The lowest BCUT2D eigenvalue weighted by molar-refractivity contribution is -0.384. The standard InChI is InChI=1S/C24H20N2O6/c1-15(24(28)29)25-21(22(23(25)27)32-20-8-3-2-4-9-20)17-12-10-16(11-13-17)18-6-5-7-19(14-18)26(30)31/h2-15,21-22H,1H3,(H,28,29)/t15-,21-,22+/m0/s1. The summed E-state index contributed by atoms with van der Waals surface area (Å²) in [6, 6.07) is 20.8. The molecule has 0 aliphatic carbocycles. The second kappa shape index (κ2) is 8.50. The molecule has 3 aromatic carbocycles. The number of carboxylic acid groups (broad SMARTS) is 1. The number of ether oxygens (including phenoxy) is 1. The summed E-state index contributed by atoms with van der Waals surface area (Å²) in [4.78, 5) is 36.2. The summed E-state index contributed by atoms with van der Waals surface area (Å²) in [6.07, 6.45) is -0.845. The van der Waals surface area contributed by atoms with E-state index in [4.69, 9.17) is 4.74 Å². The first-order valence-corrected chi connectivity index (χ1v) is 9.98. The number of rotatable bonds is 7. The van der Waals surface area contributed by atoms with Crippen molar-refractivity contribution < 1.29 is 24.4 Å². The molecule has 0 saturated carbocycles. The summed E-state index contributed by atoms with van der Waals surface area (Å²) in [6.45, 7) is 1.46. The molecule has 1 aliphatic heterocycles. The van der Waals surface area contributed by atoms with Crippen LogP contribution in [0.2, 0.25) is 0 Å². The lowest BCUT2D eigenvalue weighted by Gasteiger charge is -2.48. The predicted octanol–water partition coefficient (Wildman–Crippen LogP) is 4.07. The number of carboxylic acids is 1. The molecule has 162 valence electrons. The summed E-state index contributed by atoms with van der Waals surface area (Å²) in [5.41, 5.74) is 2.16. The molecule has 1 amide bonds. The van der Waals surface area contributed by atoms with Crippen LogP contribution in [-0.2, 0) is 9.59 Å². The lowest BCUT2D eigenvalue weighted by atomic mass is 9.87. The number of hydrogen-bond acceptors (Lipinski definition) is 5. The highest BCUT2D eigenvalue weighted by Crippen LogP contribution is 2.40. The molecule has 8 heteroatoms. The Bertz CT molecular complexity index is 1160. The van der Waals surface area contributed by atoms with Gasteiger partial charge in [0.05, 0.1) is 4.92 Å². The van der Waals surface area contributed by atoms with Gasteiger partial charge < -0.3 is 14.7 Å². The van der Waals surface area contributed by atoms with Crippen LogP contribution in [0.25, 0.3) is 11.1 Å². The van der Waals surface area contributed by atoms with Crippen molar-refractivity contribution in [3.63, 3.8) is 0 Å². The van der Waals surface area contributed by atoms with E-state index >= 15 is 0 Å². The maximum absolute atomic E-state index is 12.8. The molecule has 3 aromatic rings. The zero-order valence-electron chi connectivity index (χ0n) is 17.1. The molecule has 0 aromatic heterocycles. The van der Waals surface area contributed by atoms with Gasteiger partial charge in [0.25, 0.3) is 11.6 Å². The van der Waals surface area contributed by atoms with Crippen molar-refractivity contribution in [1.82, 2.24) is 4.90 Å². The van der Waals surface area contributed by atoms with E-state index in [1.807, 2.05) is 6.07 Å². The fraction of sp³-hybridized carbons (Fsp3) is 0.167. The molecule has 32 heavy (non-hydrogen) atoms. The van der Waals surface area contributed by atoms with Gasteiger partial charge in [-0.25, -0.2) is 4.79 Å². The van der Waals surface area contributed by atoms with Crippen molar-refractivity contribution in [3.05, 3.63) is 94.5 Å². The van der Waals surface area contributed by atoms with Gasteiger partial charge in [0.2, 0.25) is 6.10 Å². The van der Waals surface area contributed by atoms with Gasteiger partial charge >= 0.3 is 5.97 Å². The number of aliphatic carboxylic acids is 1. The second-order valence-electron chi connectivity index (χ2n) is 7.49. The quantitative estimate of drug-likeness (QED) is 0.342. The van der Waals surface area contributed by atoms with Gasteiger partial charge in [-0.2, -0.15) is 0 Å². The Morgan fingerprint density at radius 3 is 2.34 bits per heavy atom. The maximum Gasteiger partial charge on any atom is 0.326 e. The van der Waals surface area contributed by atoms with Crippen molar-refractivity contribution in [2.75, 3.05) is 0 Å². The number of β-lactam (4-membered cyclic amide) rings is 1. The minimum atomic E-state index is -1.10. The van der Waals surface area contributed by atoms with Crippen LogP contribution in [-0.4, -0.2) is 39.0 Å². The zero-order chi connectivity index (χ0) is 22.8. The third kappa shape index (κ3) is 3.90. The van der Waals surface area contributed by atoms with Crippen LogP contribution in [0.3, 0.4) is 0 Å². The Hall–Kier alpha value is -4.20. The van der Waals surface area contributed by atoms with E-state index in [-0.39, 0.29) is 5.69 Å². The number of nitrogens with zero attached hydrogens (tertiary/aromatic N) is 2. The number of non-ortho nitro benzene ring substituents is 1. The average molecular weight is 432 g/mol. The number of carbonyl (C=O) groups is 2. The van der Waals surface area contributed by atoms with E-state index in [9.17, 15) is 24.8 Å². The zero-order valence-corrected chi connectivity index (χ0v) is 17.1. The maximum atomic E-state index is 12.8. The van der Waals surface area contributed by atoms with E-state index in [0.29, 0.717) is 16.9 Å². The van der Waals surface area contributed by atoms with E-state index < -0.39 is 35.0 Å². The molecular formula is C24H20N2O6. The highest BCUT2D eigenvalue weighted by molar-refractivity contribution is 5.93. The average Bonchev–Trinajstić information content (AvgIpc) is 2.81. The van der Waals surface area contributed by atoms with Crippen molar-refractivity contribution >= 4 is 17.6 Å². The van der Waals surface area contributed by atoms with Crippen LogP contribution in [0.1, 0.15) is 18.5 Å². The Labute approximate surface area is 183 Å². The van der Waals surface area contributed by atoms with Crippen LogP contribution in [0, 0.1) is 10.1 Å². The molecule has 0 spiro atoms. The number of hydrogen-bond donors (Lipinski definition) is 1. The molecular weight excluding hydrogens is 412 g/mol. The summed E-state index contributed by atoms with van der Waals surface area (Å²) in [5.74, 6) is -0.974. The molecule has 0 radical (unpaired) electrons. The molecule has 0 unspecified atom stereocenters.